The zero-order valence-corrected chi connectivity index (χ0v) is 16.5. The maximum Gasteiger partial charge on any atom is 2.00 e. The van der Waals surface area contributed by atoms with Crippen LogP contribution in [0.5, 0.6) is 0 Å². The Kier molecular flexibility index (Phi) is 14.1. The van der Waals surface area contributed by atoms with Crippen LogP contribution in [0.1, 0.15) is 11.1 Å². The Bertz CT molecular complexity index is 362. The second kappa shape index (κ2) is 13.6. The van der Waals surface area contributed by atoms with Crippen molar-refractivity contribution in [2.24, 2.45) is 0 Å². The summed E-state index contributed by atoms with van der Waals surface area (Å²) in [5, 5.41) is 0. The largest absolute Gasteiger partial charge is 2.00 e. The molecule has 2 rings (SSSR count). The van der Waals surface area contributed by atoms with Gasteiger partial charge in [0.25, 0.3) is 0 Å². The van der Waals surface area contributed by atoms with Crippen LogP contribution in [-0.4, -0.2) is 23.1 Å². The number of hydrogen-bond donors (Lipinski definition) is 0. The monoisotopic (exact) mass is 486 g/mol. The molecule has 0 aliphatic rings. The van der Waals surface area contributed by atoms with Gasteiger partial charge in [0.05, 0.1) is 0 Å². The number of hydrogen-bond acceptors (Lipinski definition) is 0. The Hall–Kier alpha value is 0.666. The molecule has 0 nitrogen and oxygen atoms in total. The molecule has 96 valence electrons. The fourth-order valence-electron chi connectivity index (χ4n) is 1.41. The topological polar surface area (TPSA) is 0 Å². The fraction of sp³-hybridized carbons (Fsp3) is 0.125. The van der Waals surface area contributed by atoms with Gasteiger partial charge in [-0.05, 0) is 0 Å². The summed E-state index contributed by atoms with van der Waals surface area (Å²) in [4.78, 5) is 0. The van der Waals surface area contributed by atoms with Gasteiger partial charge >= 0.3 is 23.1 Å². The van der Waals surface area contributed by atoms with Crippen LogP contribution >= 0.6 is 45.2 Å². The molecule has 0 atom stereocenters. The number of rotatable bonds is 4. The van der Waals surface area contributed by atoms with Crippen molar-refractivity contribution in [2.45, 2.75) is 12.8 Å². The van der Waals surface area contributed by atoms with Crippen molar-refractivity contribution in [3.05, 3.63) is 80.6 Å². The van der Waals surface area contributed by atoms with Gasteiger partial charge < -0.3 is 45.2 Å². The van der Waals surface area contributed by atoms with E-state index in [1.807, 2.05) is 12.1 Å². The zero-order valence-electron chi connectivity index (χ0n) is 10.8. The predicted molar refractivity (Wildman–Crippen MR) is 103 cm³/mol. The average Bonchev–Trinajstić information content (AvgIpc) is 2.43. The second-order valence-electron chi connectivity index (χ2n) is 3.69. The maximum absolute atomic E-state index is 2.27. The van der Waals surface area contributed by atoms with E-state index in [1.54, 1.807) is 0 Å². The van der Waals surface area contributed by atoms with Crippen molar-refractivity contribution in [3.63, 3.8) is 0 Å². The maximum atomic E-state index is 2.27. The Morgan fingerprint density at radius 3 is 1.21 bits per heavy atom. The molecule has 3 heteroatoms. The molecule has 0 amide bonds. The van der Waals surface area contributed by atoms with Crippen molar-refractivity contribution in [3.8, 4) is 0 Å². The van der Waals surface area contributed by atoms with Gasteiger partial charge in [-0.2, -0.15) is 0 Å². The van der Waals surface area contributed by atoms with Gasteiger partial charge in [-0.15, -0.1) is 12.8 Å². The molecule has 2 aromatic carbocycles. The van der Waals surface area contributed by atoms with Crippen molar-refractivity contribution in [2.75, 3.05) is 0 Å². The summed E-state index contributed by atoms with van der Waals surface area (Å²) in [6.45, 7) is 0. The van der Waals surface area contributed by atoms with E-state index < -0.39 is 0 Å². The third kappa shape index (κ3) is 10.1. The normalized spacial score (nSPS) is 8.95. The van der Waals surface area contributed by atoms with Gasteiger partial charge in [0.2, 0.25) is 0 Å². The average molecular weight is 486 g/mol. The van der Waals surface area contributed by atoms with E-state index in [4.69, 9.17) is 0 Å². The SMILES string of the molecule is I[CH-]Cc1ccccc1.I[CH-]Cc1ccccc1.[Mg+2]. The number of benzene rings is 2. The van der Waals surface area contributed by atoms with E-state index in [1.165, 1.54) is 11.1 Å². The molecule has 0 aliphatic carbocycles. The minimum atomic E-state index is 0. The molecule has 2 aromatic rings. The third-order valence-corrected chi connectivity index (χ3v) is 3.19. The van der Waals surface area contributed by atoms with Crippen LogP contribution in [0.25, 0.3) is 0 Å². The van der Waals surface area contributed by atoms with E-state index in [2.05, 4.69) is 103 Å². The summed E-state index contributed by atoms with van der Waals surface area (Å²) >= 11 is 4.53. The summed E-state index contributed by atoms with van der Waals surface area (Å²) < 4.78 is 4.26. The van der Waals surface area contributed by atoms with E-state index in [0.29, 0.717) is 0 Å². The Morgan fingerprint density at radius 1 is 0.632 bits per heavy atom. The molecular weight excluding hydrogens is 470 g/mol. The van der Waals surface area contributed by atoms with Crippen LogP contribution in [0.4, 0.5) is 0 Å². The van der Waals surface area contributed by atoms with Crippen LogP contribution in [0.15, 0.2) is 60.7 Å². The zero-order chi connectivity index (χ0) is 13.1. The molecule has 0 saturated heterocycles. The molecule has 0 aliphatic heterocycles. The van der Waals surface area contributed by atoms with E-state index in [9.17, 15) is 0 Å². The molecule has 0 saturated carbocycles. The Balaban J connectivity index is 0.000000324. The molecule has 0 aromatic heterocycles. The standard InChI is InChI=1S/2C8H8I.Mg/c2*9-7-6-8-4-2-1-3-5-8;/h2*1-5,7H,6H2;/q2*-1;+2. The first-order chi connectivity index (χ1) is 8.86. The summed E-state index contributed by atoms with van der Waals surface area (Å²) in [6, 6.07) is 20.9. The predicted octanol–water partition coefficient (Wildman–Crippen LogP) is 5.27. The quantitative estimate of drug-likeness (QED) is 0.314. The Morgan fingerprint density at radius 2 is 0.947 bits per heavy atom. The van der Waals surface area contributed by atoms with E-state index in [0.717, 1.165) is 12.8 Å². The van der Waals surface area contributed by atoms with Gasteiger partial charge in [-0.25, -0.2) is 0 Å². The first-order valence-corrected chi connectivity index (χ1v) is 8.27. The smallest absolute Gasteiger partial charge is 0.315 e. The summed E-state index contributed by atoms with van der Waals surface area (Å²) in [7, 11) is 0. The molecule has 0 radical (unpaired) electrons. The van der Waals surface area contributed by atoms with Crippen LogP contribution in [-0.2, 0) is 12.8 Å². The molecule has 0 heterocycles. The molecular formula is C16H16I2Mg. The molecule has 0 N–H and O–H groups in total. The summed E-state index contributed by atoms with van der Waals surface area (Å²) in [5.74, 6) is 0. The molecule has 0 unspecified atom stereocenters. The molecule has 0 spiro atoms. The van der Waals surface area contributed by atoms with Gasteiger partial charge in [0, 0.05) is 0 Å². The van der Waals surface area contributed by atoms with Gasteiger partial charge in [-0.1, -0.05) is 71.8 Å². The first-order valence-electron chi connectivity index (χ1n) is 5.78. The number of halogens is 2. The second-order valence-corrected chi connectivity index (χ2v) is 5.45. The molecule has 0 bridgehead atoms. The van der Waals surface area contributed by atoms with Gasteiger partial charge in [0.15, 0.2) is 0 Å². The summed E-state index contributed by atoms with van der Waals surface area (Å²) in [5.41, 5.74) is 2.76. The fourth-order valence-corrected chi connectivity index (χ4v) is 2.42. The van der Waals surface area contributed by atoms with Gasteiger partial charge in [-0.3, -0.25) is 8.86 Å². The van der Waals surface area contributed by atoms with Crippen molar-refractivity contribution in [1.29, 1.82) is 0 Å². The molecule has 19 heavy (non-hydrogen) atoms. The minimum Gasteiger partial charge on any atom is -0.315 e. The van der Waals surface area contributed by atoms with E-state index >= 15 is 0 Å². The van der Waals surface area contributed by atoms with Crippen molar-refractivity contribution in [1.82, 2.24) is 0 Å². The molecule has 0 fully saturated rings. The van der Waals surface area contributed by atoms with Crippen LogP contribution in [0.2, 0.25) is 0 Å². The van der Waals surface area contributed by atoms with Crippen molar-refractivity contribution < 1.29 is 0 Å². The minimum absolute atomic E-state index is 0. The summed E-state index contributed by atoms with van der Waals surface area (Å²) in [6.07, 6.45) is 2.14. The van der Waals surface area contributed by atoms with E-state index in [-0.39, 0.29) is 23.1 Å². The van der Waals surface area contributed by atoms with Gasteiger partial charge in [0.1, 0.15) is 0 Å². The first kappa shape index (κ1) is 19.7. The van der Waals surface area contributed by atoms with Crippen LogP contribution in [0, 0.1) is 8.86 Å². The Labute approximate surface area is 160 Å². The van der Waals surface area contributed by atoms with Crippen LogP contribution in [0.3, 0.4) is 0 Å². The van der Waals surface area contributed by atoms with Crippen LogP contribution < -0.4 is 0 Å². The third-order valence-electron chi connectivity index (χ3n) is 2.31. The van der Waals surface area contributed by atoms with Crippen molar-refractivity contribution >= 4 is 68.2 Å².